The van der Waals surface area contributed by atoms with Crippen molar-refractivity contribution < 1.29 is 18.7 Å². The summed E-state index contributed by atoms with van der Waals surface area (Å²) in [5, 5.41) is 14.2. The van der Waals surface area contributed by atoms with Crippen molar-refractivity contribution in [1.82, 2.24) is 10.6 Å². The van der Waals surface area contributed by atoms with E-state index in [0.717, 1.165) is 6.07 Å². The molecule has 3 N–H and O–H groups in total. The second-order valence-corrected chi connectivity index (χ2v) is 4.71. The van der Waals surface area contributed by atoms with E-state index >= 15 is 0 Å². The summed E-state index contributed by atoms with van der Waals surface area (Å²) in [5.41, 5.74) is 0.348. The van der Waals surface area contributed by atoms with Gasteiger partial charge < -0.3 is 15.7 Å². The quantitative estimate of drug-likeness (QED) is 0.750. The third kappa shape index (κ3) is 4.77. The monoisotopic (exact) mass is 286 g/mol. The van der Waals surface area contributed by atoms with E-state index in [1.54, 1.807) is 6.92 Å². The van der Waals surface area contributed by atoms with E-state index in [4.69, 9.17) is 5.11 Å². The van der Waals surface area contributed by atoms with Crippen LogP contribution in [0.4, 0.5) is 13.6 Å². The van der Waals surface area contributed by atoms with Gasteiger partial charge in [0.2, 0.25) is 0 Å². The first-order valence-corrected chi connectivity index (χ1v) is 6.58. The highest BCUT2D eigenvalue weighted by molar-refractivity contribution is 5.74. The molecule has 1 aromatic carbocycles. The van der Waals surface area contributed by atoms with E-state index in [2.05, 4.69) is 10.6 Å². The second-order valence-electron chi connectivity index (χ2n) is 4.71. The maximum Gasteiger partial charge on any atom is 0.315 e. The van der Waals surface area contributed by atoms with Gasteiger partial charge in [0.05, 0.1) is 12.6 Å². The van der Waals surface area contributed by atoms with Crippen LogP contribution in [-0.2, 0) is 0 Å². The Morgan fingerprint density at radius 3 is 2.65 bits per heavy atom. The van der Waals surface area contributed by atoms with Gasteiger partial charge in [0.1, 0.15) is 11.6 Å². The minimum absolute atomic E-state index is 0.133. The first-order chi connectivity index (χ1) is 9.47. The molecule has 112 valence electrons. The van der Waals surface area contributed by atoms with Gasteiger partial charge in [0.15, 0.2) is 0 Å². The van der Waals surface area contributed by atoms with E-state index in [1.807, 2.05) is 6.92 Å². The van der Waals surface area contributed by atoms with Gasteiger partial charge in [0, 0.05) is 18.5 Å². The molecule has 0 aliphatic rings. The molecule has 20 heavy (non-hydrogen) atoms. The summed E-state index contributed by atoms with van der Waals surface area (Å²) in [6.45, 7) is 3.67. The fourth-order valence-corrected chi connectivity index (χ4v) is 1.77. The predicted molar refractivity (Wildman–Crippen MR) is 72.5 cm³/mol. The topological polar surface area (TPSA) is 61.4 Å². The fourth-order valence-electron chi connectivity index (χ4n) is 1.77. The molecule has 0 aliphatic heterocycles. The Labute approximate surface area is 117 Å². The summed E-state index contributed by atoms with van der Waals surface area (Å²) in [6.07, 6.45) is 0.617. The van der Waals surface area contributed by atoms with E-state index < -0.39 is 17.7 Å². The number of hydrogen-bond donors (Lipinski definition) is 3. The smallest absolute Gasteiger partial charge is 0.315 e. The molecular weight excluding hydrogens is 266 g/mol. The predicted octanol–water partition coefficient (Wildman–Crippen LogP) is 2.14. The van der Waals surface area contributed by atoms with Crippen LogP contribution in [0.25, 0.3) is 0 Å². The molecule has 0 spiro atoms. The highest BCUT2D eigenvalue weighted by Crippen LogP contribution is 2.18. The van der Waals surface area contributed by atoms with Crippen LogP contribution < -0.4 is 10.6 Å². The number of rotatable bonds is 6. The maximum atomic E-state index is 13.5. The van der Waals surface area contributed by atoms with Crippen molar-refractivity contribution >= 4 is 6.03 Å². The first kappa shape index (κ1) is 16.4. The van der Waals surface area contributed by atoms with Crippen molar-refractivity contribution in [1.29, 1.82) is 0 Å². The molecule has 0 radical (unpaired) electrons. The number of carbonyl (C=O) groups is 1. The molecular formula is C14H20F2N2O2. The molecule has 0 aromatic heterocycles. The van der Waals surface area contributed by atoms with Crippen LogP contribution in [0.3, 0.4) is 0 Å². The summed E-state index contributed by atoms with van der Waals surface area (Å²) in [6, 6.07) is 2.67. The van der Waals surface area contributed by atoms with E-state index in [1.165, 1.54) is 12.1 Å². The third-order valence-corrected chi connectivity index (χ3v) is 3.11. The lowest BCUT2D eigenvalue weighted by Gasteiger charge is -2.17. The van der Waals surface area contributed by atoms with Gasteiger partial charge in [0.25, 0.3) is 0 Å². The van der Waals surface area contributed by atoms with Crippen LogP contribution in [0.1, 0.15) is 31.7 Å². The SMILES string of the molecule is CC[C@@H](CO)NC(=O)NC[C@H](C)c1ccc(F)cc1F. The van der Waals surface area contributed by atoms with Gasteiger partial charge >= 0.3 is 6.03 Å². The molecule has 4 nitrogen and oxygen atoms in total. The first-order valence-electron chi connectivity index (χ1n) is 6.58. The van der Waals surface area contributed by atoms with E-state index in [0.29, 0.717) is 12.0 Å². The summed E-state index contributed by atoms with van der Waals surface area (Å²) < 4.78 is 26.3. The highest BCUT2D eigenvalue weighted by atomic mass is 19.1. The Kier molecular flexibility index (Phi) is 6.38. The van der Waals surface area contributed by atoms with Crippen LogP contribution >= 0.6 is 0 Å². The second kappa shape index (κ2) is 7.79. The minimum atomic E-state index is -0.627. The number of amides is 2. The number of hydrogen-bond acceptors (Lipinski definition) is 2. The largest absolute Gasteiger partial charge is 0.394 e. The van der Waals surface area contributed by atoms with Crippen molar-refractivity contribution in [3.63, 3.8) is 0 Å². The summed E-state index contributed by atoms with van der Waals surface area (Å²) >= 11 is 0. The number of urea groups is 1. The average molecular weight is 286 g/mol. The molecule has 0 unspecified atom stereocenters. The molecule has 0 heterocycles. The molecule has 0 saturated carbocycles. The molecule has 1 aromatic rings. The summed E-state index contributed by atoms with van der Waals surface area (Å²) in [7, 11) is 0. The Morgan fingerprint density at radius 2 is 2.10 bits per heavy atom. The van der Waals surface area contributed by atoms with Crippen LogP contribution in [0, 0.1) is 11.6 Å². The zero-order valence-corrected chi connectivity index (χ0v) is 11.6. The average Bonchev–Trinajstić information content (AvgIpc) is 2.42. The molecule has 0 aliphatic carbocycles. The molecule has 0 fully saturated rings. The normalized spacial score (nSPS) is 13.7. The van der Waals surface area contributed by atoms with E-state index in [-0.39, 0.29) is 25.1 Å². The zero-order valence-electron chi connectivity index (χ0n) is 11.6. The Bertz CT molecular complexity index is 451. The summed E-state index contributed by atoms with van der Waals surface area (Å²) in [4.78, 5) is 11.6. The van der Waals surface area contributed by atoms with Crippen molar-refractivity contribution in [2.75, 3.05) is 13.2 Å². The Balaban J connectivity index is 2.50. The number of carbonyl (C=O) groups excluding carboxylic acids is 1. The van der Waals surface area contributed by atoms with Crippen LogP contribution in [0.2, 0.25) is 0 Å². The number of aliphatic hydroxyl groups is 1. The van der Waals surface area contributed by atoms with Crippen molar-refractivity contribution in [3.05, 3.63) is 35.4 Å². The minimum Gasteiger partial charge on any atom is -0.394 e. The van der Waals surface area contributed by atoms with E-state index in [9.17, 15) is 13.6 Å². The lowest BCUT2D eigenvalue weighted by Crippen LogP contribution is -2.44. The van der Waals surface area contributed by atoms with Crippen LogP contribution in [0.5, 0.6) is 0 Å². The molecule has 2 atom stereocenters. The fraction of sp³-hybridized carbons (Fsp3) is 0.500. The lowest BCUT2D eigenvalue weighted by molar-refractivity contribution is 0.214. The molecule has 0 saturated heterocycles. The van der Waals surface area contributed by atoms with Gasteiger partial charge in [-0.3, -0.25) is 0 Å². The lowest BCUT2D eigenvalue weighted by atomic mass is 10.0. The number of nitrogens with one attached hydrogen (secondary N) is 2. The molecule has 0 bridgehead atoms. The Morgan fingerprint density at radius 1 is 1.40 bits per heavy atom. The van der Waals surface area contributed by atoms with Crippen molar-refractivity contribution in [3.8, 4) is 0 Å². The van der Waals surface area contributed by atoms with Gasteiger partial charge in [-0.15, -0.1) is 0 Å². The van der Waals surface area contributed by atoms with Crippen LogP contribution in [-0.4, -0.2) is 30.3 Å². The van der Waals surface area contributed by atoms with Crippen LogP contribution in [0.15, 0.2) is 18.2 Å². The highest BCUT2D eigenvalue weighted by Gasteiger charge is 2.14. The molecule has 2 amide bonds. The van der Waals surface area contributed by atoms with Gasteiger partial charge in [-0.1, -0.05) is 19.9 Å². The summed E-state index contributed by atoms with van der Waals surface area (Å²) in [5.74, 6) is -1.53. The van der Waals surface area contributed by atoms with Gasteiger partial charge in [-0.25, -0.2) is 13.6 Å². The molecule has 6 heteroatoms. The maximum absolute atomic E-state index is 13.5. The van der Waals surface area contributed by atoms with Gasteiger partial charge in [-0.2, -0.15) is 0 Å². The Hall–Kier alpha value is -1.69. The molecule has 1 rings (SSSR count). The standard InChI is InChI=1S/C14H20F2N2O2/c1-3-11(8-19)18-14(20)17-7-9(2)12-5-4-10(15)6-13(12)16/h4-6,9,11,19H,3,7-8H2,1-2H3,(H2,17,18,20)/t9-,11-/m0/s1. The zero-order chi connectivity index (χ0) is 15.1. The number of benzene rings is 1. The third-order valence-electron chi connectivity index (χ3n) is 3.11. The number of halogens is 2. The van der Waals surface area contributed by atoms with Crippen molar-refractivity contribution in [2.45, 2.75) is 32.2 Å². The van der Waals surface area contributed by atoms with Crippen molar-refractivity contribution in [2.24, 2.45) is 0 Å². The van der Waals surface area contributed by atoms with Gasteiger partial charge in [-0.05, 0) is 18.1 Å². The number of aliphatic hydroxyl groups excluding tert-OH is 1.